The normalized spacial score (nSPS) is 11.0. The van der Waals surface area contributed by atoms with Crippen molar-refractivity contribution in [3.05, 3.63) is 102 Å². The molecule has 0 N–H and O–H groups in total. The summed E-state index contributed by atoms with van der Waals surface area (Å²) in [6.07, 6.45) is 0. The van der Waals surface area contributed by atoms with E-state index < -0.39 is 0 Å². The highest BCUT2D eigenvalue weighted by Gasteiger charge is 2.06. The van der Waals surface area contributed by atoms with Crippen LogP contribution in [0.1, 0.15) is 23.6 Å². The van der Waals surface area contributed by atoms with Crippen LogP contribution in [0.2, 0.25) is 0 Å². The van der Waals surface area contributed by atoms with Gasteiger partial charge in [0.25, 0.3) is 0 Å². The zero-order valence-electron chi connectivity index (χ0n) is 14.4. The highest BCUT2D eigenvalue weighted by atomic mass is 16.5. The Labute approximate surface area is 148 Å². The molecule has 0 aromatic heterocycles. The van der Waals surface area contributed by atoms with E-state index in [-0.39, 0.29) is 0 Å². The number of ether oxygens (including phenoxy) is 1. The summed E-state index contributed by atoms with van der Waals surface area (Å²) in [6.45, 7) is 1.95. The third-order valence-electron chi connectivity index (χ3n) is 3.88. The summed E-state index contributed by atoms with van der Waals surface area (Å²) in [4.78, 5) is 0. The Kier molecular flexibility index (Phi) is 5.37. The quantitative estimate of drug-likeness (QED) is 0.481. The highest BCUT2D eigenvalue weighted by molar-refractivity contribution is 6.13. The molecule has 0 aliphatic carbocycles. The van der Waals surface area contributed by atoms with E-state index in [0.29, 0.717) is 0 Å². The van der Waals surface area contributed by atoms with Gasteiger partial charge in [0.2, 0.25) is 0 Å². The molecule has 0 bridgehead atoms. The Hall–Kier alpha value is -3.20. The fraction of sp³-hybridized carbons (Fsp3) is 0.0909. The maximum Gasteiger partial charge on any atom is 0.119 e. The molecular weight excluding hydrogens is 308 g/mol. The second kappa shape index (κ2) is 8.06. The number of nitrogens with zero attached hydrogens (tertiary/aromatic N) is 2. The monoisotopic (exact) mass is 328 g/mol. The first-order valence-electron chi connectivity index (χ1n) is 8.15. The third-order valence-corrected chi connectivity index (χ3v) is 3.88. The van der Waals surface area contributed by atoms with Gasteiger partial charge in [0.15, 0.2) is 0 Å². The van der Waals surface area contributed by atoms with Gasteiger partial charge < -0.3 is 4.74 Å². The van der Waals surface area contributed by atoms with Crippen molar-refractivity contribution >= 4 is 11.4 Å². The standard InChI is InChI=1S/C22H20N2O/c1-17(20-14-9-15-21(16-20)25-2)23-24-22(18-10-5-3-6-11-18)19-12-7-4-8-13-19/h3-16H,1-2H3/b23-17+. The van der Waals surface area contributed by atoms with Crippen molar-refractivity contribution in [2.75, 3.05) is 7.11 Å². The summed E-state index contributed by atoms with van der Waals surface area (Å²) in [6, 6.07) is 28.0. The molecular formula is C22H20N2O. The lowest BCUT2D eigenvalue weighted by Crippen LogP contribution is -2.03. The highest BCUT2D eigenvalue weighted by Crippen LogP contribution is 2.15. The summed E-state index contributed by atoms with van der Waals surface area (Å²) in [5.74, 6) is 0.808. The maximum absolute atomic E-state index is 5.28. The average Bonchev–Trinajstić information content (AvgIpc) is 2.69. The van der Waals surface area contributed by atoms with Gasteiger partial charge in [-0.25, -0.2) is 0 Å². The molecule has 3 aromatic carbocycles. The molecule has 0 unspecified atom stereocenters. The van der Waals surface area contributed by atoms with Gasteiger partial charge in [0, 0.05) is 16.7 Å². The van der Waals surface area contributed by atoms with Crippen LogP contribution in [-0.4, -0.2) is 18.5 Å². The molecule has 25 heavy (non-hydrogen) atoms. The van der Waals surface area contributed by atoms with E-state index in [1.165, 1.54) is 0 Å². The van der Waals surface area contributed by atoms with Gasteiger partial charge in [-0.2, -0.15) is 5.10 Å². The van der Waals surface area contributed by atoms with E-state index in [2.05, 4.69) is 10.2 Å². The van der Waals surface area contributed by atoms with Crippen LogP contribution in [0.4, 0.5) is 0 Å². The number of rotatable bonds is 5. The lowest BCUT2D eigenvalue weighted by atomic mass is 10.0. The molecule has 124 valence electrons. The second-order valence-electron chi connectivity index (χ2n) is 5.60. The van der Waals surface area contributed by atoms with Crippen molar-refractivity contribution < 1.29 is 4.74 Å². The van der Waals surface area contributed by atoms with E-state index in [0.717, 1.165) is 33.9 Å². The van der Waals surface area contributed by atoms with E-state index in [4.69, 9.17) is 4.74 Å². The topological polar surface area (TPSA) is 34.0 Å². The first kappa shape index (κ1) is 16.7. The molecule has 3 heteroatoms. The zero-order chi connectivity index (χ0) is 17.5. The summed E-state index contributed by atoms with van der Waals surface area (Å²) in [5.41, 5.74) is 4.75. The van der Waals surface area contributed by atoms with E-state index >= 15 is 0 Å². The maximum atomic E-state index is 5.28. The fourth-order valence-electron chi connectivity index (χ4n) is 2.51. The Morgan fingerprint density at radius 3 is 1.80 bits per heavy atom. The summed E-state index contributed by atoms with van der Waals surface area (Å²) >= 11 is 0. The molecule has 0 saturated carbocycles. The van der Waals surface area contributed by atoms with Crippen molar-refractivity contribution in [3.63, 3.8) is 0 Å². The van der Waals surface area contributed by atoms with Crippen LogP contribution in [-0.2, 0) is 0 Å². The van der Waals surface area contributed by atoms with Gasteiger partial charge in [-0.15, -0.1) is 5.10 Å². The van der Waals surface area contributed by atoms with Crippen LogP contribution in [0.3, 0.4) is 0 Å². The second-order valence-corrected chi connectivity index (χ2v) is 5.60. The molecule has 0 atom stereocenters. The third kappa shape index (κ3) is 4.21. The van der Waals surface area contributed by atoms with Gasteiger partial charge in [0.05, 0.1) is 12.8 Å². The van der Waals surface area contributed by atoms with Crippen LogP contribution in [0, 0.1) is 0 Å². The molecule has 0 heterocycles. The van der Waals surface area contributed by atoms with Crippen molar-refractivity contribution in [1.29, 1.82) is 0 Å². The van der Waals surface area contributed by atoms with Crippen molar-refractivity contribution in [3.8, 4) is 5.75 Å². The molecule has 3 nitrogen and oxygen atoms in total. The lowest BCUT2D eigenvalue weighted by molar-refractivity contribution is 0.414. The zero-order valence-corrected chi connectivity index (χ0v) is 14.4. The Morgan fingerprint density at radius 2 is 1.24 bits per heavy atom. The first-order valence-corrected chi connectivity index (χ1v) is 8.15. The number of hydrogen-bond donors (Lipinski definition) is 0. The number of benzene rings is 3. The predicted octanol–water partition coefficient (Wildman–Crippen LogP) is 4.96. The molecule has 0 aliphatic rings. The van der Waals surface area contributed by atoms with Gasteiger partial charge in [-0.05, 0) is 19.1 Å². The summed E-state index contributed by atoms with van der Waals surface area (Å²) in [5, 5.41) is 9.03. The van der Waals surface area contributed by atoms with Gasteiger partial charge >= 0.3 is 0 Å². The molecule has 0 spiro atoms. The SMILES string of the molecule is COc1cccc(/C(C)=N/N=C(c2ccccc2)c2ccccc2)c1. The summed E-state index contributed by atoms with van der Waals surface area (Å²) < 4.78 is 5.28. The lowest BCUT2D eigenvalue weighted by Gasteiger charge is -2.06. The Balaban J connectivity index is 2.01. The minimum Gasteiger partial charge on any atom is -0.497 e. The molecule has 0 radical (unpaired) electrons. The molecule has 0 fully saturated rings. The van der Waals surface area contributed by atoms with E-state index in [1.807, 2.05) is 91.9 Å². The summed E-state index contributed by atoms with van der Waals surface area (Å²) in [7, 11) is 1.66. The van der Waals surface area contributed by atoms with Crippen molar-refractivity contribution in [2.45, 2.75) is 6.92 Å². The van der Waals surface area contributed by atoms with Crippen molar-refractivity contribution in [2.24, 2.45) is 10.2 Å². The van der Waals surface area contributed by atoms with Gasteiger partial charge in [-0.3, -0.25) is 0 Å². The minimum absolute atomic E-state index is 0.808. The predicted molar refractivity (Wildman–Crippen MR) is 104 cm³/mol. The van der Waals surface area contributed by atoms with Crippen LogP contribution in [0.15, 0.2) is 95.1 Å². The van der Waals surface area contributed by atoms with Crippen LogP contribution in [0.25, 0.3) is 0 Å². The molecule has 3 rings (SSSR count). The van der Waals surface area contributed by atoms with Crippen molar-refractivity contribution in [1.82, 2.24) is 0 Å². The Morgan fingerprint density at radius 1 is 0.680 bits per heavy atom. The molecule has 3 aromatic rings. The molecule has 0 saturated heterocycles. The van der Waals surface area contributed by atoms with E-state index in [9.17, 15) is 0 Å². The smallest absolute Gasteiger partial charge is 0.119 e. The van der Waals surface area contributed by atoms with Gasteiger partial charge in [-0.1, -0.05) is 72.8 Å². The van der Waals surface area contributed by atoms with Crippen LogP contribution < -0.4 is 4.74 Å². The van der Waals surface area contributed by atoms with Crippen LogP contribution >= 0.6 is 0 Å². The minimum atomic E-state index is 0.808. The van der Waals surface area contributed by atoms with E-state index in [1.54, 1.807) is 7.11 Å². The number of hydrogen-bond acceptors (Lipinski definition) is 3. The molecule has 0 aliphatic heterocycles. The fourth-order valence-corrected chi connectivity index (χ4v) is 2.51. The van der Waals surface area contributed by atoms with Gasteiger partial charge in [0.1, 0.15) is 11.5 Å². The first-order chi connectivity index (χ1) is 12.3. The molecule has 0 amide bonds. The van der Waals surface area contributed by atoms with Crippen LogP contribution in [0.5, 0.6) is 5.75 Å². The average molecular weight is 328 g/mol. The number of methoxy groups -OCH3 is 1. The largest absolute Gasteiger partial charge is 0.497 e. The Bertz CT molecular complexity index is 843.